The number of nitrogens with two attached hydrogens (primary N) is 1. The van der Waals surface area contributed by atoms with E-state index >= 15 is 0 Å². The minimum absolute atomic E-state index is 0.155. The van der Waals surface area contributed by atoms with Crippen molar-refractivity contribution in [3.8, 4) is 0 Å². The summed E-state index contributed by atoms with van der Waals surface area (Å²) < 4.78 is 0. The van der Waals surface area contributed by atoms with E-state index in [1.165, 1.54) is 25.7 Å². The van der Waals surface area contributed by atoms with E-state index in [0.717, 1.165) is 44.6 Å². The molecule has 4 unspecified atom stereocenters. The first-order valence-corrected chi connectivity index (χ1v) is 12.3. The van der Waals surface area contributed by atoms with E-state index in [1.807, 2.05) is 0 Å². The second kappa shape index (κ2) is 7.54. The number of aliphatic hydroxyl groups excluding tert-OH is 2. The van der Waals surface area contributed by atoms with Crippen LogP contribution in [0.25, 0.3) is 0 Å². The van der Waals surface area contributed by atoms with Crippen LogP contribution in [-0.2, 0) is 0 Å². The van der Waals surface area contributed by atoms with Crippen LogP contribution in [0.5, 0.6) is 0 Å². The van der Waals surface area contributed by atoms with Gasteiger partial charge in [-0.25, -0.2) is 0 Å². The molecule has 0 amide bonds. The Morgan fingerprint density at radius 3 is 2.32 bits per heavy atom. The van der Waals surface area contributed by atoms with Gasteiger partial charge in [0, 0.05) is 0 Å². The van der Waals surface area contributed by atoms with Gasteiger partial charge in [-0.3, -0.25) is 0 Å². The fourth-order valence-electron chi connectivity index (χ4n) is 9.40. The highest BCUT2D eigenvalue weighted by atomic mass is 16.3. The normalized spacial score (nSPS) is 54.5. The Kier molecular flexibility index (Phi) is 5.69. The maximum atomic E-state index is 11.7. The van der Waals surface area contributed by atoms with Crippen molar-refractivity contribution in [2.24, 2.45) is 58.0 Å². The molecule has 0 radical (unpaired) electrons. The lowest BCUT2D eigenvalue weighted by atomic mass is 9.41. The Balaban J connectivity index is 1.67. The molecule has 0 heterocycles. The molecule has 0 aromatic rings. The first-order valence-electron chi connectivity index (χ1n) is 12.3. The highest BCUT2D eigenvalue weighted by molar-refractivity contribution is 5.13. The van der Waals surface area contributed by atoms with Gasteiger partial charge in [-0.05, 0) is 110 Å². The van der Waals surface area contributed by atoms with Crippen molar-refractivity contribution >= 4 is 0 Å². The van der Waals surface area contributed by atoms with Gasteiger partial charge in [0.25, 0.3) is 0 Å². The van der Waals surface area contributed by atoms with Crippen LogP contribution in [0.4, 0.5) is 0 Å². The number of hydrogen-bond donors (Lipinski definition) is 3. The average Bonchev–Trinajstić information content (AvgIpc) is 3.01. The molecule has 3 heteroatoms. The zero-order valence-electron chi connectivity index (χ0n) is 18.7. The van der Waals surface area contributed by atoms with Crippen LogP contribution >= 0.6 is 0 Å². The molecule has 0 saturated heterocycles. The third-order valence-electron chi connectivity index (χ3n) is 10.8. The van der Waals surface area contributed by atoms with E-state index in [2.05, 4.69) is 27.7 Å². The summed E-state index contributed by atoms with van der Waals surface area (Å²) in [5.74, 6) is 4.12. The lowest BCUT2D eigenvalue weighted by Crippen LogP contribution is -2.62. The van der Waals surface area contributed by atoms with E-state index < -0.39 is 0 Å². The Hall–Kier alpha value is -0.120. The predicted molar refractivity (Wildman–Crippen MR) is 115 cm³/mol. The van der Waals surface area contributed by atoms with Gasteiger partial charge in [0.1, 0.15) is 0 Å². The van der Waals surface area contributed by atoms with Gasteiger partial charge in [-0.2, -0.15) is 0 Å². The van der Waals surface area contributed by atoms with E-state index in [0.29, 0.717) is 46.3 Å². The third-order valence-corrected chi connectivity index (χ3v) is 10.8. The van der Waals surface area contributed by atoms with Crippen molar-refractivity contribution in [1.29, 1.82) is 0 Å². The molecule has 4 N–H and O–H groups in total. The van der Waals surface area contributed by atoms with E-state index in [-0.39, 0.29) is 12.2 Å². The predicted octanol–water partition coefficient (Wildman–Crippen LogP) is 4.60. The summed E-state index contributed by atoms with van der Waals surface area (Å²) in [4.78, 5) is 0. The Morgan fingerprint density at radius 1 is 0.964 bits per heavy atom. The maximum Gasteiger partial charge on any atom is 0.0605 e. The first kappa shape index (κ1) is 21.1. The summed E-state index contributed by atoms with van der Waals surface area (Å²) in [6.45, 7) is 10.6. The molecule has 4 aliphatic rings. The second-order valence-electron chi connectivity index (χ2n) is 11.7. The number of aliphatic hydroxyl groups is 2. The van der Waals surface area contributed by atoms with Gasteiger partial charge in [0.15, 0.2) is 0 Å². The lowest BCUT2D eigenvalue weighted by Gasteiger charge is -2.64. The minimum Gasteiger partial charge on any atom is -0.393 e. The number of fused-ring (bicyclic) bond motifs is 5. The summed E-state index contributed by atoms with van der Waals surface area (Å²) in [7, 11) is 0. The molecule has 4 saturated carbocycles. The van der Waals surface area contributed by atoms with Crippen LogP contribution < -0.4 is 5.73 Å². The van der Waals surface area contributed by atoms with Crippen LogP contribution in [0, 0.1) is 52.3 Å². The van der Waals surface area contributed by atoms with Gasteiger partial charge in [0.2, 0.25) is 0 Å². The Bertz CT molecular complexity index is 567. The lowest BCUT2D eigenvalue weighted by molar-refractivity contribution is -0.203. The van der Waals surface area contributed by atoms with Crippen molar-refractivity contribution in [1.82, 2.24) is 0 Å². The van der Waals surface area contributed by atoms with Gasteiger partial charge >= 0.3 is 0 Å². The number of rotatable bonds is 4. The van der Waals surface area contributed by atoms with Crippen molar-refractivity contribution in [3.63, 3.8) is 0 Å². The van der Waals surface area contributed by atoms with E-state index in [9.17, 15) is 10.2 Å². The van der Waals surface area contributed by atoms with Crippen molar-refractivity contribution in [2.45, 2.75) is 97.7 Å². The molecule has 28 heavy (non-hydrogen) atoms. The largest absolute Gasteiger partial charge is 0.393 e. The first-order chi connectivity index (χ1) is 13.3. The van der Waals surface area contributed by atoms with Crippen molar-refractivity contribution < 1.29 is 10.2 Å². The summed E-state index contributed by atoms with van der Waals surface area (Å²) in [6, 6.07) is 0. The quantitative estimate of drug-likeness (QED) is 0.656. The molecule has 0 bridgehead atoms. The summed E-state index contributed by atoms with van der Waals surface area (Å²) in [6.07, 6.45) is 10.1. The highest BCUT2D eigenvalue weighted by Gasteiger charge is 2.64. The zero-order valence-corrected chi connectivity index (χ0v) is 18.7. The summed E-state index contributed by atoms with van der Waals surface area (Å²) >= 11 is 0. The molecule has 3 nitrogen and oxygen atoms in total. The Morgan fingerprint density at radius 2 is 1.64 bits per heavy atom. The van der Waals surface area contributed by atoms with Gasteiger partial charge in [-0.15, -0.1) is 0 Å². The van der Waals surface area contributed by atoms with E-state index in [4.69, 9.17) is 5.73 Å². The molecular formula is C25H45NO2. The zero-order chi connectivity index (χ0) is 20.3. The minimum atomic E-state index is -0.174. The monoisotopic (exact) mass is 391 g/mol. The topological polar surface area (TPSA) is 66.5 Å². The second-order valence-corrected chi connectivity index (χ2v) is 11.7. The van der Waals surface area contributed by atoms with Gasteiger partial charge in [0.05, 0.1) is 12.2 Å². The van der Waals surface area contributed by atoms with E-state index in [1.54, 1.807) is 0 Å². The maximum absolute atomic E-state index is 11.7. The van der Waals surface area contributed by atoms with Crippen molar-refractivity contribution in [3.05, 3.63) is 0 Å². The molecule has 4 aliphatic carbocycles. The molecule has 0 aliphatic heterocycles. The fourth-order valence-corrected chi connectivity index (χ4v) is 9.40. The molecule has 4 fully saturated rings. The molecular weight excluding hydrogens is 346 g/mol. The van der Waals surface area contributed by atoms with Crippen LogP contribution in [0.2, 0.25) is 0 Å². The smallest absolute Gasteiger partial charge is 0.0605 e. The SMILES string of the molecule is CC[C@@H]1C2C[C@H](O)CCC2(C)[C@H]2CCC3(C)C([C@H](C)CCN)CC[C@H]3[C@@H]2[C@@H]1O. The molecule has 0 aromatic heterocycles. The molecule has 11 atom stereocenters. The van der Waals surface area contributed by atoms with Crippen molar-refractivity contribution in [2.75, 3.05) is 6.54 Å². The fraction of sp³-hybridized carbons (Fsp3) is 1.00. The van der Waals surface area contributed by atoms with Gasteiger partial charge in [-0.1, -0.05) is 34.1 Å². The average molecular weight is 392 g/mol. The molecule has 4 rings (SSSR count). The van der Waals surface area contributed by atoms with Gasteiger partial charge < -0.3 is 15.9 Å². The highest BCUT2D eigenvalue weighted by Crippen LogP contribution is 2.69. The Labute approximate surface area is 172 Å². The van der Waals surface area contributed by atoms with Crippen LogP contribution in [0.1, 0.15) is 85.5 Å². The summed E-state index contributed by atoms with van der Waals surface area (Å²) in [5.41, 5.74) is 6.61. The number of hydrogen-bond acceptors (Lipinski definition) is 3. The molecule has 0 aromatic carbocycles. The molecule has 162 valence electrons. The third kappa shape index (κ3) is 2.94. The van der Waals surface area contributed by atoms with Crippen LogP contribution in [0.3, 0.4) is 0 Å². The summed E-state index contributed by atoms with van der Waals surface area (Å²) in [5, 5.41) is 22.1. The molecule has 0 spiro atoms. The van der Waals surface area contributed by atoms with Crippen LogP contribution in [-0.4, -0.2) is 29.0 Å². The van der Waals surface area contributed by atoms with Crippen LogP contribution in [0.15, 0.2) is 0 Å². The standard InChI is InChI=1S/C25H45NO2/c1-5-17-21-14-16(27)8-11-25(21,4)20-9-12-24(3)18(15(2)10-13-26)6-7-19(24)22(20)23(17)28/h15-23,27-28H,5-14,26H2,1-4H3/t15-,16-,17-,18?,19+,20+,21?,22+,23-,24?,25?/m1/s1.